The standard InChI is InChI=1S/C25H25N5O2S/c1-32-20-12-13-22-21(14-20)23(27-28-25(26)33)24(31)30(22)17-29(15-18-8-4-2-5-9-18)16-19-10-6-3-7-11-19/h2-14,31H,15-17H2,1H3,(H2,26,33). The van der Waals surface area contributed by atoms with E-state index >= 15 is 0 Å². The molecule has 1 aromatic heterocycles. The number of benzene rings is 3. The molecule has 0 saturated heterocycles. The van der Waals surface area contributed by atoms with Gasteiger partial charge in [0, 0.05) is 18.5 Å². The van der Waals surface area contributed by atoms with Gasteiger partial charge in [-0.15, -0.1) is 10.2 Å². The SMILES string of the molecule is COc1ccc2c(c1)c(N=NC(N)=S)c(O)n2CN(Cc1ccccc1)Cc1ccccc1. The number of thiocarbonyl (C=S) groups is 1. The van der Waals surface area contributed by atoms with Crippen LogP contribution in [0.3, 0.4) is 0 Å². The van der Waals surface area contributed by atoms with Crippen LogP contribution in [0.25, 0.3) is 10.9 Å². The van der Waals surface area contributed by atoms with Crippen LogP contribution >= 0.6 is 12.2 Å². The van der Waals surface area contributed by atoms with Gasteiger partial charge in [-0.3, -0.25) is 9.47 Å². The van der Waals surface area contributed by atoms with E-state index in [1.165, 1.54) is 11.1 Å². The summed E-state index contributed by atoms with van der Waals surface area (Å²) in [7, 11) is 1.59. The van der Waals surface area contributed by atoms with E-state index in [4.69, 9.17) is 22.7 Å². The van der Waals surface area contributed by atoms with Crippen LogP contribution in [0.5, 0.6) is 11.6 Å². The van der Waals surface area contributed by atoms with Gasteiger partial charge >= 0.3 is 0 Å². The van der Waals surface area contributed by atoms with Crippen molar-refractivity contribution in [2.24, 2.45) is 16.0 Å². The van der Waals surface area contributed by atoms with Gasteiger partial charge in [0.15, 0.2) is 5.69 Å². The van der Waals surface area contributed by atoms with Crippen LogP contribution in [0.4, 0.5) is 5.69 Å². The van der Waals surface area contributed by atoms with Crippen LogP contribution in [0.1, 0.15) is 11.1 Å². The van der Waals surface area contributed by atoms with Gasteiger partial charge < -0.3 is 15.6 Å². The number of hydrogen-bond donors (Lipinski definition) is 2. The normalized spacial score (nSPS) is 11.5. The Hall–Kier alpha value is -3.75. The van der Waals surface area contributed by atoms with Crippen LogP contribution < -0.4 is 10.5 Å². The second-order valence-electron chi connectivity index (χ2n) is 7.62. The van der Waals surface area contributed by atoms with Gasteiger partial charge in [-0.05, 0) is 41.5 Å². The Kier molecular flexibility index (Phi) is 6.97. The van der Waals surface area contributed by atoms with Crippen molar-refractivity contribution in [1.82, 2.24) is 9.47 Å². The summed E-state index contributed by atoms with van der Waals surface area (Å²) in [6, 6.07) is 26.1. The molecule has 33 heavy (non-hydrogen) atoms. The predicted molar refractivity (Wildman–Crippen MR) is 134 cm³/mol. The van der Waals surface area contributed by atoms with Gasteiger partial charge in [0.2, 0.25) is 11.0 Å². The number of fused-ring (bicyclic) bond motifs is 1. The van der Waals surface area contributed by atoms with Crippen molar-refractivity contribution in [3.63, 3.8) is 0 Å². The summed E-state index contributed by atoms with van der Waals surface area (Å²) < 4.78 is 7.18. The van der Waals surface area contributed by atoms with Gasteiger partial charge in [0.05, 0.1) is 19.3 Å². The van der Waals surface area contributed by atoms with Gasteiger partial charge in [-0.1, -0.05) is 60.7 Å². The predicted octanol–water partition coefficient (Wildman–Crippen LogP) is 5.34. The average Bonchev–Trinajstić information content (AvgIpc) is 3.08. The maximum Gasteiger partial charge on any atom is 0.221 e. The van der Waals surface area contributed by atoms with Gasteiger partial charge in [0.1, 0.15) is 5.75 Å². The van der Waals surface area contributed by atoms with E-state index in [0.717, 1.165) is 5.52 Å². The van der Waals surface area contributed by atoms with E-state index in [-0.39, 0.29) is 11.0 Å². The summed E-state index contributed by atoms with van der Waals surface area (Å²) in [5.41, 5.74) is 8.96. The number of aromatic hydroxyl groups is 1. The molecule has 168 valence electrons. The first-order chi connectivity index (χ1) is 16.0. The number of azo groups is 1. The Morgan fingerprint density at radius 2 is 1.61 bits per heavy atom. The number of rotatable bonds is 8. The van der Waals surface area contributed by atoms with Crippen molar-refractivity contribution in [3.8, 4) is 11.6 Å². The Balaban J connectivity index is 1.75. The molecule has 1 heterocycles. The maximum absolute atomic E-state index is 11.1. The molecule has 0 fully saturated rings. The van der Waals surface area contributed by atoms with Gasteiger partial charge in [-0.25, -0.2) is 0 Å². The zero-order chi connectivity index (χ0) is 23.2. The minimum atomic E-state index is -0.104. The lowest BCUT2D eigenvalue weighted by Gasteiger charge is -2.24. The monoisotopic (exact) mass is 459 g/mol. The summed E-state index contributed by atoms with van der Waals surface area (Å²) in [5, 5.41) is 19.6. The molecule has 0 spiro atoms. The lowest BCUT2D eigenvalue weighted by Crippen LogP contribution is -2.25. The zero-order valence-electron chi connectivity index (χ0n) is 18.3. The molecule has 0 saturated carbocycles. The molecule has 0 aliphatic carbocycles. The number of nitrogens with zero attached hydrogens (tertiary/aromatic N) is 4. The number of hydrogen-bond acceptors (Lipinski definition) is 5. The number of nitrogens with two attached hydrogens (primary N) is 1. The first-order valence-electron chi connectivity index (χ1n) is 10.5. The zero-order valence-corrected chi connectivity index (χ0v) is 19.1. The first-order valence-corrected chi connectivity index (χ1v) is 10.9. The molecule has 0 aliphatic rings. The first kappa shape index (κ1) is 22.4. The highest BCUT2D eigenvalue weighted by Gasteiger charge is 2.20. The molecule has 0 bridgehead atoms. The van der Waals surface area contributed by atoms with Crippen LogP contribution in [0.15, 0.2) is 89.1 Å². The number of methoxy groups -OCH3 is 1. The van der Waals surface area contributed by atoms with E-state index in [2.05, 4.69) is 39.4 Å². The van der Waals surface area contributed by atoms with Crippen LogP contribution in [0, 0.1) is 0 Å². The van der Waals surface area contributed by atoms with E-state index in [1.54, 1.807) is 7.11 Å². The topological polar surface area (TPSA) is 88.4 Å². The highest BCUT2D eigenvalue weighted by Crippen LogP contribution is 2.40. The third-order valence-corrected chi connectivity index (χ3v) is 5.39. The molecule has 0 amide bonds. The molecule has 3 N–H and O–H groups in total. The summed E-state index contributed by atoms with van der Waals surface area (Å²) in [4.78, 5) is 2.25. The lowest BCUT2D eigenvalue weighted by molar-refractivity contribution is 0.194. The summed E-state index contributed by atoms with van der Waals surface area (Å²) >= 11 is 4.83. The maximum atomic E-state index is 11.1. The lowest BCUT2D eigenvalue weighted by atomic mass is 10.2. The van der Waals surface area contributed by atoms with Crippen molar-refractivity contribution in [3.05, 3.63) is 90.0 Å². The van der Waals surface area contributed by atoms with E-state index < -0.39 is 0 Å². The third kappa shape index (κ3) is 5.36. The Labute approximate surface area is 197 Å². The molecule has 8 heteroatoms. The van der Waals surface area contributed by atoms with Crippen LogP contribution in [-0.2, 0) is 19.8 Å². The largest absolute Gasteiger partial charge is 0.497 e. The fourth-order valence-electron chi connectivity index (χ4n) is 3.81. The smallest absolute Gasteiger partial charge is 0.221 e. The Morgan fingerprint density at radius 1 is 1.00 bits per heavy atom. The minimum absolute atomic E-state index is 0.00984. The van der Waals surface area contributed by atoms with E-state index in [0.29, 0.717) is 36.6 Å². The summed E-state index contributed by atoms with van der Waals surface area (Å²) in [5.74, 6) is 0.640. The molecule has 0 unspecified atom stereocenters. The molecular weight excluding hydrogens is 434 g/mol. The molecule has 0 aliphatic heterocycles. The second-order valence-corrected chi connectivity index (χ2v) is 8.04. The van der Waals surface area contributed by atoms with Crippen molar-refractivity contribution in [1.29, 1.82) is 0 Å². The average molecular weight is 460 g/mol. The quantitative estimate of drug-likeness (QED) is 0.274. The Bertz CT molecular complexity index is 1230. The molecule has 0 atom stereocenters. The van der Waals surface area contributed by atoms with Crippen LogP contribution in [0.2, 0.25) is 0 Å². The highest BCUT2D eigenvalue weighted by atomic mass is 32.1. The fourth-order valence-corrected chi connectivity index (χ4v) is 3.85. The molecule has 0 radical (unpaired) electrons. The van der Waals surface area contributed by atoms with Crippen molar-refractivity contribution >= 4 is 33.9 Å². The van der Waals surface area contributed by atoms with E-state index in [1.807, 2.05) is 59.2 Å². The molecule has 7 nitrogen and oxygen atoms in total. The van der Waals surface area contributed by atoms with Crippen molar-refractivity contribution in [2.45, 2.75) is 19.8 Å². The minimum Gasteiger partial charge on any atom is -0.497 e. The Morgan fingerprint density at radius 3 is 2.15 bits per heavy atom. The number of aromatic nitrogens is 1. The van der Waals surface area contributed by atoms with Gasteiger partial charge in [-0.2, -0.15) is 0 Å². The van der Waals surface area contributed by atoms with Crippen LogP contribution in [-0.4, -0.2) is 26.8 Å². The molecule has 3 aromatic carbocycles. The molecule has 4 aromatic rings. The van der Waals surface area contributed by atoms with Crippen molar-refractivity contribution < 1.29 is 9.84 Å². The van der Waals surface area contributed by atoms with E-state index in [9.17, 15) is 5.11 Å². The van der Waals surface area contributed by atoms with Gasteiger partial charge in [0.25, 0.3) is 0 Å². The summed E-state index contributed by atoms with van der Waals surface area (Å²) in [6.07, 6.45) is 0. The fraction of sp³-hybridized carbons (Fsp3) is 0.160. The summed E-state index contributed by atoms with van der Waals surface area (Å²) in [6.45, 7) is 1.84. The van der Waals surface area contributed by atoms with Crippen molar-refractivity contribution in [2.75, 3.05) is 7.11 Å². The molecule has 4 rings (SSSR count). The molecular formula is C25H25N5O2S. The second kappa shape index (κ2) is 10.2. The third-order valence-electron chi connectivity index (χ3n) is 5.31. The highest BCUT2D eigenvalue weighted by molar-refractivity contribution is 7.80. The number of ether oxygens (including phenoxy) is 1.